The second-order valence-electron chi connectivity index (χ2n) is 1.94. The van der Waals surface area contributed by atoms with E-state index in [2.05, 4.69) is 5.18 Å². The molecule has 4 nitrogen and oxygen atoms in total. The first-order chi connectivity index (χ1) is 5.65. The molecule has 1 unspecified atom stereocenters. The molecule has 64 valence electrons. The monoisotopic (exact) mass is 296 g/mol. The van der Waals surface area contributed by atoms with Gasteiger partial charge in [0.05, 0.1) is 0 Å². The van der Waals surface area contributed by atoms with Crippen LogP contribution in [-0.4, -0.2) is 8.76 Å². The normalized spacial score (nSPS) is 12.5. The Balaban J connectivity index is 3.22. The van der Waals surface area contributed by atoms with E-state index in [1.807, 2.05) is 22.6 Å². The molecule has 12 heavy (non-hydrogen) atoms. The van der Waals surface area contributed by atoms with Crippen LogP contribution in [-0.2, 0) is 11.1 Å². The second kappa shape index (κ2) is 4.06. The number of nitrogens with zero attached hydrogens (tertiary/aromatic N) is 1. The Morgan fingerprint density at radius 3 is 2.67 bits per heavy atom. The quantitative estimate of drug-likeness (QED) is 0.475. The fourth-order valence-corrected chi connectivity index (χ4v) is 1.49. The van der Waals surface area contributed by atoms with Crippen LogP contribution >= 0.6 is 22.6 Å². The van der Waals surface area contributed by atoms with Gasteiger partial charge in [-0.3, -0.25) is 4.21 Å². The molecule has 1 aromatic rings. The Kier molecular flexibility index (Phi) is 3.29. The van der Waals surface area contributed by atoms with Crippen molar-refractivity contribution in [1.82, 2.24) is 0 Å². The van der Waals surface area contributed by atoms with E-state index in [-0.39, 0.29) is 10.6 Å². The van der Waals surface area contributed by atoms with Crippen LogP contribution in [0.15, 0.2) is 28.3 Å². The van der Waals surface area contributed by atoms with Gasteiger partial charge in [-0.25, -0.2) is 0 Å². The van der Waals surface area contributed by atoms with Crippen molar-refractivity contribution in [2.75, 3.05) is 0 Å². The third kappa shape index (κ3) is 2.08. The predicted octanol–water partition coefficient (Wildman–Crippen LogP) is 1.93. The molecule has 0 aromatic heterocycles. The lowest BCUT2D eigenvalue weighted by atomic mass is 10.3. The molecule has 0 saturated heterocycles. The molecule has 0 heterocycles. The van der Waals surface area contributed by atoms with E-state index in [1.165, 1.54) is 18.2 Å². The van der Waals surface area contributed by atoms with Crippen LogP contribution in [0.3, 0.4) is 0 Å². The molecular formula is C6H3INO3S-. The summed E-state index contributed by atoms with van der Waals surface area (Å²) < 4.78 is 21.5. The van der Waals surface area contributed by atoms with Gasteiger partial charge in [-0.05, 0) is 57.0 Å². The maximum Gasteiger partial charge on any atom is 0.122 e. The molecule has 0 radical (unpaired) electrons. The lowest BCUT2D eigenvalue weighted by Gasteiger charge is -2.04. The van der Waals surface area contributed by atoms with Crippen molar-refractivity contribution in [2.24, 2.45) is 5.18 Å². The smallest absolute Gasteiger partial charge is 0.122 e. The zero-order valence-corrected chi connectivity index (χ0v) is 8.66. The first kappa shape index (κ1) is 9.75. The minimum atomic E-state index is -2.30. The summed E-state index contributed by atoms with van der Waals surface area (Å²) in [4.78, 5) is 10.2. The summed E-state index contributed by atoms with van der Waals surface area (Å²) in [6, 6.07) is 4.18. The van der Waals surface area contributed by atoms with Gasteiger partial charge in [0, 0.05) is 8.47 Å². The van der Waals surface area contributed by atoms with Gasteiger partial charge in [-0.2, -0.15) is 0 Å². The van der Waals surface area contributed by atoms with Crippen molar-refractivity contribution < 1.29 is 8.76 Å². The average Bonchev–Trinajstić information content (AvgIpc) is 2.05. The lowest BCUT2D eigenvalue weighted by Crippen LogP contribution is -1.88. The van der Waals surface area contributed by atoms with Crippen molar-refractivity contribution in [3.05, 3.63) is 26.7 Å². The molecule has 0 aliphatic carbocycles. The molecule has 0 N–H and O–H groups in total. The highest BCUT2D eigenvalue weighted by Gasteiger charge is 2.01. The van der Waals surface area contributed by atoms with Crippen LogP contribution in [0.4, 0.5) is 5.69 Å². The Morgan fingerprint density at radius 2 is 2.17 bits per heavy atom. The molecule has 0 fully saturated rings. The maximum atomic E-state index is 10.4. The van der Waals surface area contributed by atoms with E-state index in [1.54, 1.807) is 0 Å². The summed E-state index contributed by atoms with van der Waals surface area (Å²) in [6.45, 7) is 0. The minimum absolute atomic E-state index is 0.0741. The van der Waals surface area contributed by atoms with Crippen molar-refractivity contribution >= 4 is 39.4 Å². The zero-order chi connectivity index (χ0) is 9.14. The highest BCUT2D eigenvalue weighted by Crippen LogP contribution is 2.23. The standard InChI is InChI=1S/C6H4INO3S/c7-5-2-1-4(12(10)11)3-6(5)8-9/h1-3H,(H,10,11)/p-1. The highest BCUT2D eigenvalue weighted by molar-refractivity contribution is 14.1. The summed E-state index contributed by atoms with van der Waals surface area (Å²) in [6.07, 6.45) is 0. The van der Waals surface area contributed by atoms with Gasteiger partial charge >= 0.3 is 0 Å². The van der Waals surface area contributed by atoms with Crippen LogP contribution in [0.25, 0.3) is 0 Å². The summed E-state index contributed by atoms with van der Waals surface area (Å²) in [5.74, 6) is 0. The van der Waals surface area contributed by atoms with Crippen LogP contribution in [0, 0.1) is 8.48 Å². The molecule has 0 amide bonds. The van der Waals surface area contributed by atoms with Gasteiger partial charge in [0.25, 0.3) is 0 Å². The van der Waals surface area contributed by atoms with E-state index in [4.69, 9.17) is 0 Å². The van der Waals surface area contributed by atoms with E-state index >= 15 is 0 Å². The number of benzene rings is 1. The zero-order valence-electron chi connectivity index (χ0n) is 5.69. The SMILES string of the molecule is O=Nc1cc(S(=O)[O-])ccc1I. The molecule has 0 spiro atoms. The molecule has 0 bridgehead atoms. The van der Waals surface area contributed by atoms with Gasteiger partial charge in [0.1, 0.15) is 5.69 Å². The van der Waals surface area contributed by atoms with Gasteiger partial charge in [0.2, 0.25) is 0 Å². The van der Waals surface area contributed by atoms with Crippen LogP contribution < -0.4 is 0 Å². The largest absolute Gasteiger partial charge is 0.768 e. The number of hydrogen-bond donors (Lipinski definition) is 0. The number of rotatable bonds is 2. The van der Waals surface area contributed by atoms with Crippen molar-refractivity contribution in [2.45, 2.75) is 4.90 Å². The second-order valence-corrected chi connectivity index (χ2v) is 4.04. The predicted molar refractivity (Wildman–Crippen MR) is 51.8 cm³/mol. The molecule has 1 aromatic carbocycles. The fourth-order valence-electron chi connectivity index (χ4n) is 0.666. The van der Waals surface area contributed by atoms with Crippen molar-refractivity contribution in [1.29, 1.82) is 0 Å². The van der Waals surface area contributed by atoms with Crippen molar-refractivity contribution in [3.8, 4) is 0 Å². The first-order valence-electron chi connectivity index (χ1n) is 2.87. The molecule has 0 aliphatic heterocycles. The van der Waals surface area contributed by atoms with E-state index < -0.39 is 11.1 Å². The van der Waals surface area contributed by atoms with Crippen LogP contribution in [0.2, 0.25) is 0 Å². The lowest BCUT2D eigenvalue weighted by molar-refractivity contribution is 0.537. The Hall–Kier alpha value is -0.340. The fraction of sp³-hybridized carbons (Fsp3) is 0. The van der Waals surface area contributed by atoms with E-state index in [0.717, 1.165) is 0 Å². The molecule has 0 aliphatic rings. The number of halogens is 1. The van der Waals surface area contributed by atoms with Gasteiger partial charge in [-0.15, -0.1) is 4.91 Å². The summed E-state index contributed by atoms with van der Waals surface area (Å²) >= 11 is -0.396. The Bertz CT molecular complexity index is 342. The maximum absolute atomic E-state index is 10.4. The van der Waals surface area contributed by atoms with Gasteiger partial charge < -0.3 is 4.55 Å². The van der Waals surface area contributed by atoms with Gasteiger partial charge in [-0.1, -0.05) is 0 Å². The summed E-state index contributed by atoms with van der Waals surface area (Å²) in [5.41, 5.74) is 0.150. The average molecular weight is 296 g/mol. The van der Waals surface area contributed by atoms with Crippen LogP contribution in [0.5, 0.6) is 0 Å². The first-order valence-corrected chi connectivity index (χ1v) is 5.02. The van der Waals surface area contributed by atoms with Crippen molar-refractivity contribution in [3.63, 3.8) is 0 Å². The Morgan fingerprint density at radius 1 is 1.50 bits per heavy atom. The molecule has 6 heteroatoms. The topological polar surface area (TPSA) is 69.6 Å². The van der Waals surface area contributed by atoms with E-state index in [9.17, 15) is 13.7 Å². The highest BCUT2D eigenvalue weighted by atomic mass is 127. The summed E-state index contributed by atoms with van der Waals surface area (Å²) in [7, 11) is 0. The number of hydrogen-bond acceptors (Lipinski definition) is 4. The van der Waals surface area contributed by atoms with Crippen LogP contribution in [0.1, 0.15) is 0 Å². The van der Waals surface area contributed by atoms with Gasteiger partial charge in [0.15, 0.2) is 0 Å². The number of nitroso groups, excluding NO2 is 1. The third-order valence-corrected chi connectivity index (χ3v) is 2.76. The Labute approximate surface area is 84.8 Å². The third-order valence-electron chi connectivity index (χ3n) is 1.21. The molecule has 0 saturated carbocycles. The minimum Gasteiger partial charge on any atom is -0.768 e. The molecular weight excluding hydrogens is 293 g/mol. The molecule has 1 atom stereocenters. The molecule has 1 rings (SSSR count). The van der Waals surface area contributed by atoms with E-state index in [0.29, 0.717) is 3.57 Å². The summed E-state index contributed by atoms with van der Waals surface area (Å²) in [5, 5.41) is 2.68.